The molecule has 1 atom stereocenters. The summed E-state index contributed by atoms with van der Waals surface area (Å²) in [6.45, 7) is 13.6. The number of thioether (sulfide) groups is 1. The molecule has 0 spiro atoms. The molecule has 0 radical (unpaired) electrons. The average molecular weight is 298 g/mol. The predicted molar refractivity (Wildman–Crippen MR) is 83.0 cm³/mol. The van der Waals surface area contributed by atoms with Crippen molar-refractivity contribution in [1.82, 2.24) is 19.7 Å². The van der Waals surface area contributed by atoms with Gasteiger partial charge in [-0.05, 0) is 6.92 Å². The van der Waals surface area contributed by atoms with Gasteiger partial charge < -0.3 is 9.30 Å². The van der Waals surface area contributed by atoms with Crippen molar-refractivity contribution in [2.75, 3.05) is 32.0 Å². The fourth-order valence-corrected chi connectivity index (χ4v) is 3.26. The Morgan fingerprint density at radius 1 is 1.45 bits per heavy atom. The topological polar surface area (TPSA) is 43.2 Å². The van der Waals surface area contributed by atoms with Crippen LogP contribution >= 0.6 is 11.8 Å². The van der Waals surface area contributed by atoms with Gasteiger partial charge in [0.15, 0.2) is 5.82 Å². The fraction of sp³-hybridized carbons (Fsp3) is 0.857. The zero-order valence-electron chi connectivity index (χ0n) is 13.0. The maximum Gasteiger partial charge on any atom is 0.163 e. The van der Waals surface area contributed by atoms with Crippen molar-refractivity contribution in [1.29, 1.82) is 0 Å². The van der Waals surface area contributed by atoms with Crippen molar-refractivity contribution >= 4 is 11.8 Å². The van der Waals surface area contributed by atoms with Gasteiger partial charge in [-0.25, -0.2) is 0 Å². The molecule has 0 aromatic carbocycles. The molecule has 0 amide bonds. The van der Waals surface area contributed by atoms with Crippen molar-refractivity contribution in [2.45, 2.75) is 45.1 Å². The number of rotatable bonds is 5. The van der Waals surface area contributed by atoms with E-state index in [0.717, 1.165) is 44.4 Å². The number of aryl methyl sites for hydroxylation is 1. The smallest absolute Gasteiger partial charge is 0.163 e. The monoisotopic (exact) mass is 298 g/mol. The molecule has 1 aromatic heterocycles. The molecule has 1 aromatic rings. The molecular formula is C14H26N4OS. The second-order valence-electron chi connectivity index (χ2n) is 6.10. The lowest BCUT2D eigenvalue weighted by Crippen LogP contribution is -2.40. The summed E-state index contributed by atoms with van der Waals surface area (Å²) >= 11 is 2.02. The van der Waals surface area contributed by atoms with E-state index >= 15 is 0 Å². The van der Waals surface area contributed by atoms with Crippen LogP contribution < -0.4 is 0 Å². The third-order valence-corrected chi connectivity index (χ3v) is 4.62. The molecule has 5 nitrogen and oxygen atoms in total. The molecule has 6 heteroatoms. The molecule has 0 aliphatic carbocycles. The zero-order chi connectivity index (χ0) is 14.6. The summed E-state index contributed by atoms with van der Waals surface area (Å²) in [5, 5.41) is 8.22. The van der Waals surface area contributed by atoms with Crippen molar-refractivity contribution in [3.63, 3.8) is 0 Å². The number of hydrogen-bond donors (Lipinski definition) is 0. The van der Waals surface area contributed by atoms with Crippen LogP contribution in [0.3, 0.4) is 0 Å². The lowest BCUT2D eigenvalue weighted by Gasteiger charge is -2.32. The maximum atomic E-state index is 5.87. The van der Waals surface area contributed by atoms with E-state index < -0.39 is 0 Å². The number of nitrogens with zero attached hydrogens (tertiary/aromatic N) is 4. The minimum Gasteiger partial charge on any atom is -0.368 e. The number of aromatic nitrogens is 3. The molecule has 114 valence electrons. The van der Waals surface area contributed by atoms with E-state index in [-0.39, 0.29) is 6.10 Å². The van der Waals surface area contributed by atoms with Gasteiger partial charge in [-0.15, -0.1) is 10.2 Å². The van der Waals surface area contributed by atoms with Gasteiger partial charge in [-0.3, -0.25) is 4.90 Å². The highest BCUT2D eigenvalue weighted by Crippen LogP contribution is 2.24. The summed E-state index contributed by atoms with van der Waals surface area (Å²) in [5.41, 5.74) is 0. The van der Waals surface area contributed by atoms with Gasteiger partial charge in [-0.2, -0.15) is 11.8 Å². The average Bonchev–Trinajstić information content (AvgIpc) is 2.86. The highest BCUT2D eigenvalue weighted by atomic mass is 32.2. The summed E-state index contributed by atoms with van der Waals surface area (Å²) < 4.78 is 8.28. The van der Waals surface area contributed by atoms with E-state index in [1.165, 1.54) is 0 Å². The second kappa shape index (κ2) is 6.91. The van der Waals surface area contributed by atoms with E-state index in [9.17, 15) is 0 Å². The molecule has 2 rings (SSSR count). The van der Waals surface area contributed by atoms with E-state index in [0.29, 0.717) is 4.75 Å². The summed E-state index contributed by atoms with van der Waals surface area (Å²) in [6.07, 6.45) is 1.85. The first kappa shape index (κ1) is 15.8. The maximum absolute atomic E-state index is 5.87. The SMILES string of the molecule is CCn1cnnc1C1CN(CCSC(C)(C)C)CCO1. The fourth-order valence-electron chi connectivity index (χ4n) is 2.30. The Labute approximate surface area is 126 Å². The summed E-state index contributed by atoms with van der Waals surface area (Å²) in [4.78, 5) is 2.47. The number of ether oxygens (including phenoxy) is 1. The third-order valence-electron chi connectivity index (χ3n) is 3.37. The molecule has 1 fully saturated rings. The van der Waals surface area contributed by atoms with Gasteiger partial charge in [-0.1, -0.05) is 20.8 Å². The zero-order valence-corrected chi connectivity index (χ0v) is 13.8. The minimum absolute atomic E-state index is 0.0610. The van der Waals surface area contributed by atoms with E-state index in [1.54, 1.807) is 6.33 Å². The predicted octanol–water partition coefficient (Wildman–Crippen LogP) is 2.20. The van der Waals surface area contributed by atoms with E-state index in [2.05, 4.69) is 47.4 Å². The van der Waals surface area contributed by atoms with Crippen molar-refractivity contribution < 1.29 is 4.74 Å². The number of morpholine rings is 1. The lowest BCUT2D eigenvalue weighted by atomic mass is 10.2. The van der Waals surface area contributed by atoms with Gasteiger partial charge in [0.2, 0.25) is 0 Å². The van der Waals surface area contributed by atoms with Gasteiger partial charge in [0.25, 0.3) is 0 Å². The van der Waals surface area contributed by atoms with Crippen LogP contribution in [0.5, 0.6) is 0 Å². The summed E-state index contributed by atoms with van der Waals surface area (Å²) in [5.74, 6) is 2.12. The highest BCUT2D eigenvalue weighted by Gasteiger charge is 2.25. The molecule has 2 heterocycles. The quantitative estimate of drug-likeness (QED) is 0.834. The Morgan fingerprint density at radius 3 is 2.95 bits per heavy atom. The molecule has 1 aliphatic heterocycles. The Bertz CT molecular complexity index is 416. The molecule has 1 saturated heterocycles. The van der Waals surface area contributed by atoms with Gasteiger partial charge in [0, 0.05) is 36.7 Å². The van der Waals surface area contributed by atoms with Crippen LogP contribution in [0.1, 0.15) is 39.6 Å². The van der Waals surface area contributed by atoms with Crippen LogP contribution in [0.25, 0.3) is 0 Å². The van der Waals surface area contributed by atoms with E-state index in [4.69, 9.17) is 4.74 Å². The standard InChI is InChI=1S/C14H26N4OS/c1-5-18-11-15-16-13(18)12-10-17(6-8-19-12)7-9-20-14(2,3)4/h11-12H,5-10H2,1-4H3. The molecule has 1 unspecified atom stereocenters. The molecule has 0 bridgehead atoms. The van der Waals surface area contributed by atoms with E-state index in [1.807, 2.05) is 11.8 Å². The first-order valence-corrected chi connectivity index (χ1v) is 8.34. The van der Waals surface area contributed by atoms with Crippen molar-refractivity contribution in [3.8, 4) is 0 Å². The normalized spacial score (nSPS) is 21.3. The van der Waals surface area contributed by atoms with Gasteiger partial charge >= 0.3 is 0 Å². The third kappa shape index (κ3) is 4.46. The highest BCUT2D eigenvalue weighted by molar-refractivity contribution is 8.00. The van der Waals surface area contributed by atoms with Gasteiger partial charge in [0.1, 0.15) is 12.4 Å². The Balaban J connectivity index is 1.86. The Hall–Kier alpha value is -0.590. The molecular weight excluding hydrogens is 272 g/mol. The Morgan fingerprint density at radius 2 is 2.25 bits per heavy atom. The molecule has 0 N–H and O–H groups in total. The second-order valence-corrected chi connectivity index (χ2v) is 8.02. The number of hydrogen-bond acceptors (Lipinski definition) is 5. The first-order valence-electron chi connectivity index (χ1n) is 7.35. The lowest BCUT2D eigenvalue weighted by molar-refractivity contribution is -0.0339. The largest absolute Gasteiger partial charge is 0.368 e. The minimum atomic E-state index is 0.0610. The molecule has 0 saturated carbocycles. The van der Waals surface area contributed by atoms with Crippen molar-refractivity contribution in [3.05, 3.63) is 12.2 Å². The summed E-state index contributed by atoms with van der Waals surface area (Å²) in [7, 11) is 0. The summed E-state index contributed by atoms with van der Waals surface area (Å²) in [6, 6.07) is 0. The van der Waals surface area contributed by atoms with Crippen LogP contribution in [0.4, 0.5) is 0 Å². The Kier molecular flexibility index (Phi) is 5.46. The van der Waals surface area contributed by atoms with Gasteiger partial charge in [0.05, 0.1) is 6.61 Å². The van der Waals surface area contributed by atoms with Crippen molar-refractivity contribution in [2.24, 2.45) is 0 Å². The van der Waals surface area contributed by atoms with Crippen LogP contribution in [0.2, 0.25) is 0 Å². The molecule has 1 aliphatic rings. The molecule has 20 heavy (non-hydrogen) atoms. The van der Waals surface area contributed by atoms with Crippen LogP contribution in [-0.4, -0.2) is 56.4 Å². The van der Waals surface area contributed by atoms with Crippen LogP contribution in [-0.2, 0) is 11.3 Å². The first-order chi connectivity index (χ1) is 9.49. The van der Waals surface area contributed by atoms with Crippen LogP contribution in [0, 0.1) is 0 Å². The van der Waals surface area contributed by atoms with Crippen LogP contribution in [0.15, 0.2) is 6.33 Å².